The number of ether oxygens (including phenoxy) is 15. The van der Waals surface area contributed by atoms with Gasteiger partial charge >= 0.3 is 0 Å². The van der Waals surface area contributed by atoms with Crippen LogP contribution in [0.3, 0.4) is 0 Å². The molecule has 22 rings (SSSR count). The molecular formula is C45H75ClO36. The molecule has 0 spiro atoms. The summed E-state index contributed by atoms with van der Waals surface area (Å²) in [7, 11) is 0. The van der Waals surface area contributed by atoms with Gasteiger partial charge < -0.3 is 178 Å². The van der Waals surface area contributed by atoms with Gasteiger partial charge in [-0.2, -0.15) is 0 Å². The zero-order valence-corrected chi connectivity index (χ0v) is 43.8. The molecule has 22 heterocycles. The summed E-state index contributed by atoms with van der Waals surface area (Å²) in [4.78, 5) is 0. The van der Waals surface area contributed by atoms with Gasteiger partial charge in [-0.15, -0.1) is 11.6 Å². The Labute approximate surface area is 468 Å². The number of epoxide rings is 1. The van der Waals surface area contributed by atoms with Gasteiger partial charge in [0.05, 0.1) is 64.8 Å². The number of halogens is 1. The molecule has 22 aliphatic heterocycles. The minimum atomic E-state index is -2.21. The van der Waals surface area contributed by atoms with Gasteiger partial charge in [-0.3, -0.25) is 0 Å². The second-order valence-electron chi connectivity index (χ2n) is 20.8. The van der Waals surface area contributed by atoms with Crippen molar-refractivity contribution in [3.63, 3.8) is 0 Å². The number of hydrogen-bond donors (Lipinski definition) is 21. The van der Waals surface area contributed by atoms with E-state index in [9.17, 15) is 107 Å². The molecule has 478 valence electrons. The highest BCUT2D eigenvalue weighted by atomic mass is 35.5. The predicted molar refractivity (Wildman–Crippen MR) is 249 cm³/mol. The predicted octanol–water partition coefficient (Wildman–Crippen LogP) is -14.6. The molecule has 22 saturated heterocycles. The molecule has 21 N–H and O–H groups in total. The minimum Gasteiger partial charge on any atom is -0.394 e. The average Bonchev–Trinajstić information content (AvgIpc) is 4.44. The molecule has 0 aromatic heterocycles. The van der Waals surface area contributed by atoms with Gasteiger partial charge in [0.15, 0.2) is 44.0 Å². The topological polar surface area (TPSA) is 567 Å². The van der Waals surface area contributed by atoms with Crippen molar-refractivity contribution in [2.45, 2.75) is 221 Å². The maximum absolute atomic E-state index is 11.3. The molecule has 0 amide bonds. The number of alkyl halides is 1. The molecule has 37 heteroatoms. The minimum absolute atomic E-state index is 0.400. The van der Waals surface area contributed by atoms with Crippen molar-refractivity contribution in [2.75, 3.05) is 58.7 Å². The van der Waals surface area contributed by atoms with E-state index >= 15 is 0 Å². The average molecular weight is 1230 g/mol. The van der Waals surface area contributed by atoms with E-state index in [1.165, 1.54) is 0 Å². The summed E-state index contributed by atoms with van der Waals surface area (Å²) in [6.07, 6.45) is -69.8. The zero-order valence-electron chi connectivity index (χ0n) is 43.0. The van der Waals surface area contributed by atoms with E-state index in [4.69, 9.17) is 82.7 Å². The van der Waals surface area contributed by atoms with Crippen LogP contribution in [0.2, 0.25) is 0 Å². The van der Waals surface area contributed by atoms with Crippen LogP contribution in [0, 0.1) is 0 Å². The van der Waals surface area contributed by atoms with Crippen LogP contribution in [0.5, 0.6) is 0 Å². The molecule has 22 aliphatic rings. The van der Waals surface area contributed by atoms with Gasteiger partial charge in [-0.1, -0.05) is 0 Å². The number of hydrogen-bond acceptors (Lipinski definition) is 36. The second-order valence-corrected chi connectivity index (χ2v) is 21.1. The van der Waals surface area contributed by atoms with Gasteiger partial charge in [0.1, 0.15) is 171 Å². The molecule has 0 aromatic rings. The van der Waals surface area contributed by atoms with Crippen molar-refractivity contribution in [1.82, 2.24) is 0 Å². The summed E-state index contributed by atoms with van der Waals surface area (Å²) in [6.45, 7) is -6.45. The smallest absolute Gasteiger partial charge is 0.187 e. The SMILES string of the molecule is ClCC1CO1.OC[C@H]1O[C@@H]2O[C@H]3[C@H](O)[C@@H](O)[C@@H](O[C@H]4[C@H](O)[C@@H](O)[C@@H](O[C@H]5[C@H](O)[C@@H](O)[C@@H](O[C@H]6[C@@H](O)[C@H](O)[C@@H](O[C@H]7[C@@H](O)[C@H](O)[C@@H](O[C@H]8[C@@H](O)[C@H](O)[C@@H](O[C@H]1[C@H](O)[C@H]2O)O[C@@H]8CO)O[C@@H]7CO)O[C@@H]6CO)O[C@@H]5CO)O[C@@H]4CO)O[C@@H]3CO. The first kappa shape index (κ1) is 66.8. The highest BCUT2D eigenvalue weighted by Crippen LogP contribution is 2.39. The van der Waals surface area contributed by atoms with Crippen molar-refractivity contribution in [2.24, 2.45) is 0 Å². The summed E-state index contributed by atoms with van der Waals surface area (Å²) in [5, 5.41) is 230. The third-order valence-electron chi connectivity index (χ3n) is 15.4. The number of aliphatic hydroxyl groups excluding tert-OH is 21. The second kappa shape index (κ2) is 29.0. The van der Waals surface area contributed by atoms with Crippen LogP contribution in [0.1, 0.15) is 0 Å². The van der Waals surface area contributed by atoms with E-state index in [-0.39, 0.29) is 0 Å². The first-order chi connectivity index (χ1) is 39.1. The van der Waals surface area contributed by atoms with Crippen LogP contribution in [-0.2, 0) is 71.1 Å². The van der Waals surface area contributed by atoms with Crippen LogP contribution < -0.4 is 0 Å². The van der Waals surface area contributed by atoms with E-state index in [1.54, 1.807) is 0 Å². The van der Waals surface area contributed by atoms with Crippen LogP contribution in [0.4, 0.5) is 0 Å². The van der Waals surface area contributed by atoms with Gasteiger partial charge in [-0.25, -0.2) is 0 Å². The molecule has 36 atom stereocenters. The van der Waals surface area contributed by atoms with Crippen LogP contribution >= 0.6 is 11.6 Å². The normalized spacial score (nSPS) is 54.1. The van der Waals surface area contributed by atoms with E-state index in [2.05, 4.69) is 0 Å². The quantitative estimate of drug-likeness (QED) is 0.0793. The maximum Gasteiger partial charge on any atom is 0.187 e. The van der Waals surface area contributed by atoms with Crippen LogP contribution in [-0.4, -0.2) is 387 Å². The summed E-state index contributed by atoms with van der Waals surface area (Å²) in [5.41, 5.74) is 0. The molecule has 14 bridgehead atoms. The molecule has 1 unspecified atom stereocenters. The Balaban J connectivity index is 0.00000167. The molecule has 36 nitrogen and oxygen atoms in total. The van der Waals surface area contributed by atoms with Crippen molar-refractivity contribution >= 4 is 11.6 Å². The molecule has 0 aromatic carbocycles. The van der Waals surface area contributed by atoms with Gasteiger partial charge in [-0.05, 0) is 0 Å². The van der Waals surface area contributed by atoms with Crippen molar-refractivity contribution in [3.8, 4) is 0 Å². The molecule has 0 saturated carbocycles. The third-order valence-corrected chi connectivity index (χ3v) is 15.7. The Hall–Kier alpha value is -1.15. The van der Waals surface area contributed by atoms with E-state index in [0.717, 1.165) is 6.61 Å². The Bertz CT molecular complexity index is 1580. The lowest BCUT2D eigenvalue weighted by molar-refractivity contribution is -0.396. The van der Waals surface area contributed by atoms with Crippen molar-refractivity contribution in [1.29, 1.82) is 0 Å². The summed E-state index contributed by atoms with van der Waals surface area (Å²) >= 11 is 5.27. The van der Waals surface area contributed by atoms with Crippen LogP contribution in [0.25, 0.3) is 0 Å². The van der Waals surface area contributed by atoms with Gasteiger partial charge in [0.2, 0.25) is 0 Å². The fourth-order valence-corrected chi connectivity index (χ4v) is 10.8. The lowest BCUT2D eigenvalue weighted by atomic mass is 9.95. The van der Waals surface area contributed by atoms with Gasteiger partial charge in [0.25, 0.3) is 0 Å². The highest BCUT2D eigenvalue weighted by Gasteiger charge is 2.59. The van der Waals surface area contributed by atoms with E-state index < -0.39 is 261 Å². The fourth-order valence-electron chi connectivity index (χ4n) is 10.6. The van der Waals surface area contributed by atoms with E-state index in [0.29, 0.717) is 12.0 Å². The Morgan fingerprint density at radius 1 is 0.232 bits per heavy atom. The molecule has 0 radical (unpaired) electrons. The standard InChI is InChI=1S/C42H70O35.C3H5ClO/c43-1-8-29-15(50)22(57)36(64-8)72-30-9(2-44)66-38(24(59)17(30)52)74-32-11(4-46)68-40(26(61)19(32)54)76-34-13(6-48)70-42(28(63)21(34)56)77-35-14(7-49)69-41(27(62)20(35)55)75-33-12(5-47)67-39(25(60)18(33)53)73-31-10(3-45)65-37(71-29)23(58)16(31)51;4-1-3-2-5-3/h8-63H,1-7H2;3H,1-2H2/t8-,9-,10-,11-,12-,13-,14-,15-,16-,17-,18-,19+,20+,21+,22-,23-,24-,25-,26+,27+,28+,29-,30-,31-,32-,33-,34-,35-,36-,37-,38-,39-,40-,41-,42-;/m1./s1. The molecular weight excluding hydrogens is 1150 g/mol. The Morgan fingerprint density at radius 2 is 0.366 bits per heavy atom. The molecule has 22 fully saturated rings. The largest absolute Gasteiger partial charge is 0.394 e. The maximum atomic E-state index is 11.3. The number of rotatable bonds is 8. The van der Waals surface area contributed by atoms with Crippen molar-refractivity contribution < 1.29 is 178 Å². The summed E-state index contributed by atoms with van der Waals surface area (Å²) in [5.74, 6) is 0.667. The first-order valence-electron chi connectivity index (χ1n) is 26.2. The Kier molecular flexibility index (Phi) is 23.6. The van der Waals surface area contributed by atoms with Crippen molar-refractivity contribution in [3.05, 3.63) is 0 Å². The van der Waals surface area contributed by atoms with Crippen LogP contribution in [0.15, 0.2) is 0 Å². The van der Waals surface area contributed by atoms with E-state index in [1.807, 2.05) is 0 Å². The molecule has 0 aliphatic carbocycles. The monoisotopic (exact) mass is 1230 g/mol. The number of aliphatic hydroxyl groups is 21. The lowest BCUT2D eigenvalue weighted by Crippen LogP contribution is -2.68. The summed E-state index contributed by atoms with van der Waals surface area (Å²) < 4.78 is 84.2. The zero-order chi connectivity index (χ0) is 59.8. The summed E-state index contributed by atoms with van der Waals surface area (Å²) in [6, 6.07) is 0. The van der Waals surface area contributed by atoms with Gasteiger partial charge in [0, 0.05) is 0 Å². The highest BCUT2D eigenvalue weighted by molar-refractivity contribution is 6.18. The third kappa shape index (κ3) is 13.8. The molecule has 82 heavy (non-hydrogen) atoms. The fraction of sp³-hybridized carbons (Fsp3) is 1.00. The lowest BCUT2D eigenvalue weighted by Gasteiger charge is -2.50. The Morgan fingerprint density at radius 3 is 0.451 bits per heavy atom. The first-order valence-corrected chi connectivity index (χ1v) is 26.8.